The molecule has 0 unspecified atom stereocenters. The number of piperazine rings is 1. The zero-order chi connectivity index (χ0) is 10.7. The fourth-order valence-electron chi connectivity index (χ4n) is 1.90. The van der Waals surface area contributed by atoms with Crippen molar-refractivity contribution in [2.45, 2.75) is 0 Å². The van der Waals surface area contributed by atoms with E-state index in [0.29, 0.717) is 0 Å². The van der Waals surface area contributed by atoms with E-state index in [2.05, 4.69) is 10.2 Å². The lowest BCUT2D eigenvalue weighted by Gasteiger charge is -2.28. The molecule has 1 aliphatic rings. The average molecular weight is 228 g/mol. The van der Waals surface area contributed by atoms with Crippen LogP contribution in [0.15, 0.2) is 18.2 Å². The highest BCUT2D eigenvalue weighted by atomic mass is 35.5. The zero-order valence-corrected chi connectivity index (χ0v) is 9.63. The first kappa shape index (κ1) is 10.6. The first-order valence-corrected chi connectivity index (χ1v) is 5.59. The van der Waals surface area contributed by atoms with Crippen molar-refractivity contribution in [1.29, 1.82) is 0 Å². The molecule has 2 rings (SSSR count). The number of anilines is 1. The number of hydrogen-bond acceptors (Lipinski definition) is 2. The quantitative estimate of drug-likeness (QED) is 0.807. The molecule has 0 spiro atoms. The molecule has 1 fully saturated rings. The van der Waals surface area contributed by atoms with E-state index in [1.807, 2.05) is 18.2 Å². The van der Waals surface area contributed by atoms with Gasteiger partial charge in [-0.3, -0.25) is 0 Å². The monoisotopic (exact) mass is 227 g/mol. The van der Waals surface area contributed by atoms with Gasteiger partial charge in [0.1, 0.15) is 5.75 Å². The third-order valence-corrected chi connectivity index (χ3v) is 2.92. The van der Waals surface area contributed by atoms with Crippen molar-refractivity contribution in [1.82, 2.24) is 0 Å². The molecule has 0 bridgehead atoms. The Kier molecular flexibility index (Phi) is 3.34. The molecule has 1 saturated heterocycles. The molecule has 15 heavy (non-hydrogen) atoms. The summed E-state index contributed by atoms with van der Waals surface area (Å²) < 4.78 is 5.34. The van der Waals surface area contributed by atoms with Gasteiger partial charge in [-0.1, -0.05) is 11.6 Å². The second-order valence-electron chi connectivity index (χ2n) is 3.67. The van der Waals surface area contributed by atoms with Gasteiger partial charge in [0.15, 0.2) is 0 Å². The molecule has 0 saturated carbocycles. The molecule has 0 aromatic heterocycles. The van der Waals surface area contributed by atoms with Gasteiger partial charge in [0, 0.05) is 5.02 Å². The number of rotatable bonds is 2. The van der Waals surface area contributed by atoms with Gasteiger partial charge in [0.2, 0.25) is 0 Å². The van der Waals surface area contributed by atoms with Gasteiger partial charge in [-0.25, -0.2) is 0 Å². The van der Waals surface area contributed by atoms with Gasteiger partial charge in [-0.15, -0.1) is 0 Å². The Bertz CT molecular complexity index is 337. The second-order valence-corrected chi connectivity index (χ2v) is 4.11. The van der Waals surface area contributed by atoms with Crippen LogP contribution in [-0.4, -0.2) is 33.3 Å². The largest absolute Gasteiger partial charge is 0.495 e. The maximum atomic E-state index is 6.00. The van der Waals surface area contributed by atoms with E-state index >= 15 is 0 Å². The number of ether oxygens (including phenoxy) is 1. The summed E-state index contributed by atoms with van der Waals surface area (Å²) in [6.07, 6.45) is 0. The summed E-state index contributed by atoms with van der Waals surface area (Å²) in [5.74, 6) is 0.904. The highest BCUT2D eigenvalue weighted by Gasteiger charge is 2.16. The van der Waals surface area contributed by atoms with Crippen LogP contribution < -0.4 is 15.0 Å². The number of halogens is 1. The van der Waals surface area contributed by atoms with Crippen LogP contribution in [-0.2, 0) is 0 Å². The molecule has 0 radical (unpaired) electrons. The van der Waals surface area contributed by atoms with Crippen LogP contribution >= 0.6 is 11.6 Å². The summed E-state index contributed by atoms with van der Waals surface area (Å²) in [7, 11) is 1.70. The van der Waals surface area contributed by atoms with Crippen molar-refractivity contribution < 1.29 is 10.1 Å². The molecule has 0 amide bonds. The fourth-order valence-corrected chi connectivity index (χ4v) is 2.07. The molecular formula is C11H16ClN2O+. The van der Waals surface area contributed by atoms with Gasteiger partial charge in [-0.2, -0.15) is 0 Å². The normalized spacial score (nSPS) is 16.5. The molecule has 4 heteroatoms. The first-order chi connectivity index (χ1) is 7.31. The Labute approximate surface area is 95.0 Å². The Morgan fingerprint density at radius 3 is 2.73 bits per heavy atom. The van der Waals surface area contributed by atoms with Crippen molar-refractivity contribution in [2.24, 2.45) is 0 Å². The smallest absolute Gasteiger partial charge is 0.142 e. The summed E-state index contributed by atoms with van der Waals surface area (Å²) in [6.45, 7) is 4.37. The van der Waals surface area contributed by atoms with E-state index in [-0.39, 0.29) is 0 Å². The van der Waals surface area contributed by atoms with E-state index in [1.165, 1.54) is 0 Å². The Morgan fingerprint density at radius 1 is 1.33 bits per heavy atom. The van der Waals surface area contributed by atoms with Crippen LogP contribution in [0.25, 0.3) is 0 Å². The van der Waals surface area contributed by atoms with Gasteiger partial charge in [0.05, 0.1) is 39.0 Å². The number of methoxy groups -OCH3 is 1. The fraction of sp³-hybridized carbons (Fsp3) is 0.455. The molecule has 1 aromatic carbocycles. The third-order valence-electron chi connectivity index (χ3n) is 2.69. The SMILES string of the molecule is COc1ccc(Cl)cc1N1CC[NH2+]CC1. The molecular weight excluding hydrogens is 212 g/mol. The van der Waals surface area contributed by atoms with Crippen LogP contribution in [0.3, 0.4) is 0 Å². The maximum Gasteiger partial charge on any atom is 0.142 e. The molecule has 1 aromatic rings. The Morgan fingerprint density at radius 2 is 2.07 bits per heavy atom. The van der Waals surface area contributed by atoms with E-state index < -0.39 is 0 Å². The molecule has 82 valence electrons. The van der Waals surface area contributed by atoms with Gasteiger partial charge in [0.25, 0.3) is 0 Å². The van der Waals surface area contributed by atoms with Gasteiger partial charge < -0.3 is 15.0 Å². The minimum atomic E-state index is 0.764. The van der Waals surface area contributed by atoms with Crippen molar-refractivity contribution in [3.05, 3.63) is 23.2 Å². The van der Waals surface area contributed by atoms with E-state index in [1.54, 1.807) is 7.11 Å². The number of hydrogen-bond donors (Lipinski definition) is 1. The van der Waals surface area contributed by atoms with E-state index in [0.717, 1.165) is 42.6 Å². The summed E-state index contributed by atoms with van der Waals surface area (Å²) in [5.41, 5.74) is 1.11. The lowest BCUT2D eigenvalue weighted by atomic mass is 10.2. The van der Waals surface area contributed by atoms with Crippen molar-refractivity contribution in [3.63, 3.8) is 0 Å². The van der Waals surface area contributed by atoms with Gasteiger partial charge in [-0.05, 0) is 18.2 Å². The average Bonchev–Trinajstić information content (AvgIpc) is 2.30. The summed E-state index contributed by atoms with van der Waals surface area (Å²) in [4.78, 5) is 2.32. The molecule has 0 atom stereocenters. The van der Waals surface area contributed by atoms with Crippen LogP contribution in [0.4, 0.5) is 5.69 Å². The minimum Gasteiger partial charge on any atom is -0.495 e. The third kappa shape index (κ3) is 2.36. The number of quaternary nitrogens is 1. The lowest BCUT2D eigenvalue weighted by Crippen LogP contribution is -2.89. The van der Waals surface area contributed by atoms with Crippen molar-refractivity contribution >= 4 is 17.3 Å². The second kappa shape index (κ2) is 4.73. The molecule has 0 aliphatic carbocycles. The highest BCUT2D eigenvalue weighted by molar-refractivity contribution is 6.30. The van der Waals surface area contributed by atoms with Crippen molar-refractivity contribution in [2.75, 3.05) is 38.2 Å². The predicted octanol–water partition coefficient (Wildman–Crippen LogP) is 0.732. The highest BCUT2D eigenvalue weighted by Crippen LogP contribution is 2.30. The van der Waals surface area contributed by atoms with E-state index in [4.69, 9.17) is 16.3 Å². The van der Waals surface area contributed by atoms with Crippen LogP contribution in [0, 0.1) is 0 Å². The molecule has 1 heterocycles. The number of nitrogens with two attached hydrogens (primary N) is 1. The number of benzene rings is 1. The maximum absolute atomic E-state index is 6.00. The molecule has 2 N–H and O–H groups in total. The predicted molar refractivity (Wildman–Crippen MR) is 61.9 cm³/mol. The molecule has 3 nitrogen and oxygen atoms in total. The lowest BCUT2D eigenvalue weighted by molar-refractivity contribution is -0.655. The summed E-state index contributed by atoms with van der Waals surface area (Å²) in [5, 5.41) is 3.09. The van der Waals surface area contributed by atoms with Crippen LogP contribution in [0.5, 0.6) is 5.75 Å². The van der Waals surface area contributed by atoms with Gasteiger partial charge >= 0.3 is 0 Å². The van der Waals surface area contributed by atoms with Crippen molar-refractivity contribution in [3.8, 4) is 5.75 Å². The van der Waals surface area contributed by atoms with E-state index in [9.17, 15) is 0 Å². The molecule has 1 aliphatic heterocycles. The Balaban J connectivity index is 2.27. The topological polar surface area (TPSA) is 29.1 Å². The van der Waals surface area contributed by atoms with Crippen LogP contribution in [0.2, 0.25) is 5.02 Å². The minimum absolute atomic E-state index is 0.764. The standard InChI is InChI=1S/C11H15ClN2O/c1-15-11-3-2-9(12)8-10(11)14-6-4-13-5-7-14/h2-3,8,13H,4-7H2,1H3/p+1. The summed E-state index contributed by atoms with van der Waals surface area (Å²) in [6, 6.07) is 5.77. The van der Waals surface area contributed by atoms with Crippen LogP contribution in [0.1, 0.15) is 0 Å². The number of nitrogens with zero attached hydrogens (tertiary/aromatic N) is 1. The Hall–Kier alpha value is -0.930. The zero-order valence-electron chi connectivity index (χ0n) is 8.87. The summed E-state index contributed by atoms with van der Waals surface area (Å²) >= 11 is 6.00. The first-order valence-electron chi connectivity index (χ1n) is 5.21.